The van der Waals surface area contributed by atoms with Crippen LogP contribution in [0.4, 0.5) is 5.69 Å². The molecular formula is C19H21BrN2O4S. The van der Waals surface area contributed by atoms with Crippen molar-refractivity contribution in [3.8, 4) is 0 Å². The van der Waals surface area contributed by atoms with Gasteiger partial charge in [-0.15, -0.1) is 0 Å². The number of anilines is 1. The second-order valence-electron chi connectivity index (χ2n) is 6.31. The fourth-order valence-electron chi connectivity index (χ4n) is 2.42. The maximum absolute atomic E-state index is 12.6. The van der Waals surface area contributed by atoms with Crippen LogP contribution >= 0.6 is 15.9 Å². The molecule has 0 unspecified atom stereocenters. The average Bonchev–Trinajstić information content (AvgIpc) is 2.57. The van der Waals surface area contributed by atoms with Gasteiger partial charge >= 0.3 is 0 Å². The molecule has 0 bridgehead atoms. The Labute approximate surface area is 167 Å². The van der Waals surface area contributed by atoms with Gasteiger partial charge in [-0.3, -0.25) is 9.59 Å². The predicted molar refractivity (Wildman–Crippen MR) is 110 cm³/mol. The molecule has 2 aromatic carbocycles. The zero-order valence-corrected chi connectivity index (χ0v) is 17.4. The van der Waals surface area contributed by atoms with Gasteiger partial charge in [0.2, 0.25) is 5.91 Å². The molecule has 0 saturated carbocycles. The number of nitrogens with one attached hydrogen (secondary N) is 2. The van der Waals surface area contributed by atoms with Gasteiger partial charge in [-0.1, -0.05) is 39.7 Å². The van der Waals surface area contributed by atoms with Crippen molar-refractivity contribution in [2.75, 3.05) is 17.3 Å². The smallest absolute Gasteiger partial charge is 0.251 e. The summed E-state index contributed by atoms with van der Waals surface area (Å²) in [5.41, 5.74) is 1.87. The van der Waals surface area contributed by atoms with Crippen molar-refractivity contribution < 1.29 is 18.0 Å². The number of carbonyl (C=O) groups is 2. The second-order valence-corrected chi connectivity index (χ2v) is 9.49. The Morgan fingerprint density at radius 3 is 2.44 bits per heavy atom. The van der Waals surface area contributed by atoms with E-state index in [-0.39, 0.29) is 12.2 Å². The molecule has 6 nitrogen and oxygen atoms in total. The van der Waals surface area contributed by atoms with Gasteiger partial charge in [-0.05, 0) is 43.7 Å². The summed E-state index contributed by atoms with van der Waals surface area (Å²) >= 11 is 3.32. The van der Waals surface area contributed by atoms with Gasteiger partial charge < -0.3 is 10.6 Å². The number of sulfone groups is 1. The van der Waals surface area contributed by atoms with Crippen molar-refractivity contribution in [2.24, 2.45) is 0 Å². The Balaban J connectivity index is 2.16. The lowest BCUT2D eigenvalue weighted by atomic mass is 10.1. The van der Waals surface area contributed by atoms with Gasteiger partial charge in [0.1, 0.15) is 15.9 Å². The molecule has 2 amide bonds. The first kappa shape index (κ1) is 21.1. The number of rotatable bonds is 7. The van der Waals surface area contributed by atoms with Crippen molar-refractivity contribution in [3.05, 3.63) is 64.1 Å². The lowest BCUT2D eigenvalue weighted by Gasteiger charge is -2.18. The summed E-state index contributed by atoms with van der Waals surface area (Å²) in [5.74, 6) is -1.11. The number of aryl methyl sites for hydroxylation is 1. The number of amides is 2. The van der Waals surface area contributed by atoms with E-state index in [1.807, 2.05) is 19.1 Å². The van der Waals surface area contributed by atoms with E-state index in [2.05, 4.69) is 26.6 Å². The van der Waals surface area contributed by atoms with Gasteiger partial charge in [-0.25, -0.2) is 8.42 Å². The Hall–Kier alpha value is -2.19. The van der Waals surface area contributed by atoms with Crippen LogP contribution < -0.4 is 10.6 Å². The minimum atomic E-state index is -3.28. The zero-order valence-electron chi connectivity index (χ0n) is 15.0. The molecule has 1 atom stereocenters. The van der Waals surface area contributed by atoms with E-state index in [0.717, 1.165) is 16.3 Å². The minimum Gasteiger partial charge on any atom is -0.340 e. The standard InChI is InChI=1S/C19H21BrN2O4S/c1-13-5-3-6-14(11-13)18(23)22-17(9-10-27(2,25)26)19(24)21-16-8-4-7-15(20)12-16/h3-8,11-12,17H,9-10H2,1-2H3,(H,21,24)(H,22,23)/t17-/m1/s1. The van der Waals surface area contributed by atoms with Crippen molar-refractivity contribution in [1.29, 1.82) is 0 Å². The Kier molecular flexibility index (Phi) is 7.15. The van der Waals surface area contributed by atoms with E-state index < -0.39 is 27.7 Å². The molecule has 0 aliphatic carbocycles. The maximum Gasteiger partial charge on any atom is 0.251 e. The first-order valence-corrected chi connectivity index (χ1v) is 11.1. The highest BCUT2D eigenvalue weighted by molar-refractivity contribution is 9.10. The maximum atomic E-state index is 12.6. The zero-order chi connectivity index (χ0) is 20.0. The lowest BCUT2D eigenvalue weighted by molar-refractivity contribution is -0.118. The quantitative estimate of drug-likeness (QED) is 0.675. The minimum absolute atomic E-state index is 0.0176. The molecule has 0 radical (unpaired) electrons. The first-order valence-electron chi connectivity index (χ1n) is 8.26. The van der Waals surface area contributed by atoms with Crippen LogP contribution in [0.25, 0.3) is 0 Å². The van der Waals surface area contributed by atoms with E-state index >= 15 is 0 Å². The summed E-state index contributed by atoms with van der Waals surface area (Å²) in [7, 11) is -3.28. The molecule has 0 aliphatic rings. The van der Waals surface area contributed by atoms with Crippen LogP contribution in [0.15, 0.2) is 53.0 Å². The van der Waals surface area contributed by atoms with E-state index in [0.29, 0.717) is 11.3 Å². The summed E-state index contributed by atoms with van der Waals surface area (Å²) in [6, 6.07) is 13.0. The van der Waals surface area contributed by atoms with Crippen molar-refractivity contribution >= 4 is 43.3 Å². The average molecular weight is 453 g/mol. The van der Waals surface area contributed by atoms with Crippen LogP contribution in [0.2, 0.25) is 0 Å². The molecule has 27 heavy (non-hydrogen) atoms. The molecular weight excluding hydrogens is 432 g/mol. The highest BCUT2D eigenvalue weighted by atomic mass is 79.9. The molecule has 2 rings (SSSR count). The predicted octanol–water partition coefficient (Wildman–Crippen LogP) is 2.93. The van der Waals surface area contributed by atoms with Crippen molar-refractivity contribution in [3.63, 3.8) is 0 Å². The molecule has 2 aromatic rings. The van der Waals surface area contributed by atoms with Crippen molar-refractivity contribution in [2.45, 2.75) is 19.4 Å². The SMILES string of the molecule is Cc1cccc(C(=O)N[C@H](CCS(C)(=O)=O)C(=O)Nc2cccc(Br)c2)c1. The number of carbonyl (C=O) groups excluding carboxylic acids is 2. The molecule has 0 aliphatic heterocycles. The van der Waals surface area contributed by atoms with Crippen LogP contribution in [0.5, 0.6) is 0 Å². The van der Waals surface area contributed by atoms with E-state index in [1.165, 1.54) is 0 Å². The highest BCUT2D eigenvalue weighted by Crippen LogP contribution is 2.16. The number of halogens is 1. The molecule has 144 valence electrons. The summed E-state index contributed by atoms with van der Waals surface area (Å²) in [5, 5.41) is 5.35. The van der Waals surface area contributed by atoms with Gasteiger partial charge in [-0.2, -0.15) is 0 Å². The van der Waals surface area contributed by atoms with Gasteiger partial charge in [0.05, 0.1) is 5.75 Å². The Morgan fingerprint density at radius 2 is 1.81 bits per heavy atom. The summed E-state index contributed by atoms with van der Waals surface area (Å²) in [6.07, 6.45) is 1.08. The third-order valence-electron chi connectivity index (χ3n) is 3.77. The lowest BCUT2D eigenvalue weighted by Crippen LogP contribution is -2.44. The molecule has 0 saturated heterocycles. The number of hydrogen-bond acceptors (Lipinski definition) is 4. The second kappa shape index (κ2) is 9.14. The monoisotopic (exact) mass is 452 g/mol. The van der Waals surface area contributed by atoms with Crippen LogP contribution in [0.3, 0.4) is 0 Å². The van der Waals surface area contributed by atoms with E-state index in [1.54, 1.807) is 36.4 Å². The molecule has 2 N–H and O–H groups in total. The highest BCUT2D eigenvalue weighted by Gasteiger charge is 2.23. The van der Waals surface area contributed by atoms with Gasteiger partial charge in [0, 0.05) is 22.0 Å². The summed E-state index contributed by atoms with van der Waals surface area (Å²) in [6.45, 7) is 1.86. The molecule has 0 heterocycles. The molecule has 0 aromatic heterocycles. The van der Waals surface area contributed by atoms with E-state index in [4.69, 9.17) is 0 Å². The van der Waals surface area contributed by atoms with Crippen molar-refractivity contribution in [1.82, 2.24) is 5.32 Å². The van der Waals surface area contributed by atoms with Crippen LogP contribution in [0.1, 0.15) is 22.3 Å². The molecule has 0 spiro atoms. The largest absolute Gasteiger partial charge is 0.340 e. The topological polar surface area (TPSA) is 92.3 Å². The van der Waals surface area contributed by atoms with Gasteiger partial charge in [0.25, 0.3) is 5.91 Å². The van der Waals surface area contributed by atoms with Crippen LogP contribution in [-0.4, -0.2) is 38.3 Å². The summed E-state index contributed by atoms with van der Waals surface area (Å²) < 4.78 is 23.8. The fraction of sp³-hybridized carbons (Fsp3) is 0.263. The summed E-state index contributed by atoms with van der Waals surface area (Å²) in [4.78, 5) is 25.1. The Morgan fingerprint density at radius 1 is 1.11 bits per heavy atom. The molecule has 0 fully saturated rings. The Bertz CT molecular complexity index is 944. The van der Waals surface area contributed by atoms with Crippen LogP contribution in [0, 0.1) is 6.92 Å². The number of benzene rings is 2. The normalized spacial score (nSPS) is 12.3. The number of hydrogen-bond donors (Lipinski definition) is 2. The third kappa shape index (κ3) is 7.15. The third-order valence-corrected chi connectivity index (χ3v) is 5.24. The van der Waals surface area contributed by atoms with E-state index in [9.17, 15) is 18.0 Å². The first-order chi connectivity index (χ1) is 12.6. The van der Waals surface area contributed by atoms with Gasteiger partial charge in [0.15, 0.2) is 0 Å². The van der Waals surface area contributed by atoms with Crippen LogP contribution in [-0.2, 0) is 14.6 Å². The fourth-order valence-corrected chi connectivity index (χ4v) is 3.49. The molecule has 8 heteroatoms.